The Morgan fingerprint density at radius 1 is 1.23 bits per heavy atom. The van der Waals surface area contributed by atoms with Gasteiger partial charge in [0.25, 0.3) is 0 Å². The standard InChI is InChI=1S/C15H10BrF2N3S/c16-13-4-3-12(22-13)14-9-5-6-19-15(9)21(20-14)11-2-1-8(17)7-10(11)18/h1-4,7,19H,5-6H2. The fourth-order valence-electron chi connectivity index (χ4n) is 2.64. The number of hydrogen-bond donors (Lipinski definition) is 1. The van der Waals surface area contributed by atoms with Gasteiger partial charge in [-0.2, -0.15) is 5.10 Å². The molecule has 1 aliphatic rings. The number of benzene rings is 1. The molecule has 7 heteroatoms. The minimum atomic E-state index is -0.627. The van der Waals surface area contributed by atoms with Crippen LogP contribution in [0.1, 0.15) is 5.56 Å². The molecule has 1 N–H and O–H groups in total. The minimum Gasteiger partial charge on any atom is -0.369 e. The molecule has 0 saturated heterocycles. The van der Waals surface area contributed by atoms with Crippen molar-refractivity contribution in [1.29, 1.82) is 0 Å². The van der Waals surface area contributed by atoms with Crippen LogP contribution in [0.15, 0.2) is 34.1 Å². The lowest BCUT2D eigenvalue weighted by Crippen LogP contribution is -2.06. The molecule has 112 valence electrons. The van der Waals surface area contributed by atoms with Crippen LogP contribution in [0, 0.1) is 11.6 Å². The van der Waals surface area contributed by atoms with Crippen LogP contribution >= 0.6 is 27.3 Å². The molecule has 22 heavy (non-hydrogen) atoms. The Bertz CT molecular complexity index is 872. The number of rotatable bonds is 2. The average molecular weight is 382 g/mol. The smallest absolute Gasteiger partial charge is 0.151 e. The van der Waals surface area contributed by atoms with Gasteiger partial charge in [-0.05, 0) is 46.6 Å². The number of nitrogens with one attached hydrogen (secondary N) is 1. The van der Waals surface area contributed by atoms with E-state index in [1.165, 1.54) is 16.8 Å². The summed E-state index contributed by atoms with van der Waals surface area (Å²) in [5.41, 5.74) is 2.16. The lowest BCUT2D eigenvalue weighted by molar-refractivity contribution is 0.574. The Morgan fingerprint density at radius 2 is 2.09 bits per heavy atom. The highest BCUT2D eigenvalue weighted by molar-refractivity contribution is 9.11. The van der Waals surface area contributed by atoms with Crippen LogP contribution in [0.3, 0.4) is 0 Å². The van der Waals surface area contributed by atoms with Gasteiger partial charge in [-0.25, -0.2) is 13.5 Å². The van der Waals surface area contributed by atoms with Crippen molar-refractivity contribution < 1.29 is 8.78 Å². The summed E-state index contributed by atoms with van der Waals surface area (Å²) in [4.78, 5) is 1.02. The third-order valence-electron chi connectivity index (χ3n) is 3.60. The molecule has 0 spiro atoms. The number of thiophene rings is 1. The van der Waals surface area contributed by atoms with Crippen LogP contribution < -0.4 is 5.32 Å². The number of halogens is 3. The summed E-state index contributed by atoms with van der Waals surface area (Å²) in [7, 11) is 0. The molecule has 1 aromatic carbocycles. The third-order valence-corrected chi connectivity index (χ3v) is 5.23. The van der Waals surface area contributed by atoms with Crippen molar-refractivity contribution in [2.24, 2.45) is 0 Å². The van der Waals surface area contributed by atoms with Crippen molar-refractivity contribution in [3.63, 3.8) is 0 Å². The van der Waals surface area contributed by atoms with Crippen LogP contribution in [0.5, 0.6) is 0 Å². The van der Waals surface area contributed by atoms with Gasteiger partial charge in [0.15, 0.2) is 5.82 Å². The SMILES string of the molecule is Fc1ccc(-n2nc(-c3ccc(Br)s3)c3c2NCC3)c(F)c1. The second-order valence-electron chi connectivity index (χ2n) is 4.96. The second kappa shape index (κ2) is 5.17. The molecule has 3 heterocycles. The zero-order valence-corrected chi connectivity index (χ0v) is 13.6. The largest absolute Gasteiger partial charge is 0.369 e. The maximum atomic E-state index is 14.1. The first-order valence-corrected chi connectivity index (χ1v) is 8.31. The number of aromatic nitrogens is 2. The van der Waals surface area contributed by atoms with Gasteiger partial charge in [0, 0.05) is 18.2 Å². The highest BCUT2D eigenvalue weighted by Gasteiger charge is 2.25. The zero-order chi connectivity index (χ0) is 15.3. The molecule has 3 nitrogen and oxygen atoms in total. The highest BCUT2D eigenvalue weighted by Crippen LogP contribution is 2.38. The highest BCUT2D eigenvalue weighted by atomic mass is 79.9. The van der Waals surface area contributed by atoms with Crippen molar-refractivity contribution in [2.75, 3.05) is 11.9 Å². The molecule has 0 aliphatic carbocycles. The average Bonchev–Trinajstić information content (AvgIpc) is 3.15. The molecule has 0 saturated carbocycles. The van der Waals surface area contributed by atoms with Crippen LogP contribution in [-0.2, 0) is 6.42 Å². The van der Waals surface area contributed by atoms with Crippen molar-refractivity contribution in [1.82, 2.24) is 9.78 Å². The number of fused-ring (bicyclic) bond motifs is 1. The van der Waals surface area contributed by atoms with Crippen LogP contribution in [0.25, 0.3) is 16.3 Å². The Morgan fingerprint density at radius 3 is 2.82 bits per heavy atom. The summed E-state index contributed by atoms with van der Waals surface area (Å²) < 4.78 is 29.8. The maximum Gasteiger partial charge on any atom is 0.151 e. The molecule has 0 amide bonds. The summed E-state index contributed by atoms with van der Waals surface area (Å²) in [6, 6.07) is 7.47. The third kappa shape index (κ3) is 2.16. The molecular formula is C15H10BrF2N3S. The first-order valence-electron chi connectivity index (χ1n) is 6.70. The lowest BCUT2D eigenvalue weighted by atomic mass is 10.2. The molecule has 4 rings (SSSR count). The molecule has 2 aromatic heterocycles. The van der Waals surface area contributed by atoms with E-state index in [0.717, 1.165) is 44.8 Å². The van der Waals surface area contributed by atoms with Gasteiger partial charge >= 0.3 is 0 Å². The van der Waals surface area contributed by atoms with Gasteiger partial charge in [-0.3, -0.25) is 0 Å². The summed E-state index contributed by atoms with van der Waals surface area (Å²) in [6.45, 7) is 0.787. The van der Waals surface area contributed by atoms with Crippen molar-refractivity contribution >= 4 is 33.1 Å². The van der Waals surface area contributed by atoms with E-state index in [2.05, 4.69) is 26.3 Å². The summed E-state index contributed by atoms with van der Waals surface area (Å²) >= 11 is 5.03. The van der Waals surface area contributed by atoms with Crippen LogP contribution in [0.4, 0.5) is 14.6 Å². The molecule has 0 bridgehead atoms. The molecule has 0 unspecified atom stereocenters. The molecule has 0 fully saturated rings. The fraction of sp³-hybridized carbons (Fsp3) is 0.133. The molecule has 3 aromatic rings. The van der Waals surface area contributed by atoms with Gasteiger partial charge in [0.05, 0.1) is 8.66 Å². The Balaban J connectivity index is 1.91. The minimum absolute atomic E-state index is 0.244. The van der Waals surface area contributed by atoms with E-state index in [1.807, 2.05) is 12.1 Å². The van der Waals surface area contributed by atoms with E-state index in [4.69, 9.17) is 0 Å². The monoisotopic (exact) mass is 381 g/mol. The van der Waals surface area contributed by atoms with E-state index in [9.17, 15) is 8.78 Å². The van der Waals surface area contributed by atoms with Crippen molar-refractivity contribution in [3.8, 4) is 16.3 Å². The predicted octanol–water partition coefficient (Wildman–Crippen LogP) is 4.61. The van der Waals surface area contributed by atoms with E-state index in [1.54, 1.807) is 11.3 Å². The fourth-order valence-corrected chi connectivity index (χ4v) is 4.04. The zero-order valence-electron chi connectivity index (χ0n) is 11.2. The van der Waals surface area contributed by atoms with Gasteiger partial charge in [-0.1, -0.05) is 0 Å². The molecule has 0 radical (unpaired) electrons. The summed E-state index contributed by atoms with van der Waals surface area (Å²) in [6.07, 6.45) is 0.836. The van der Waals surface area contributed by atoms with Gasteiger partial charge in [0.2, 0.25) is 0 Å². The van der Waals surface area contributed by atoms with Gasteiger partial charge in [0.1, 0.15) is 23.0 Å². The first kappa shape index (κ1) is 13.9. The van der Waals surface area contributed by atoms with E-state index in [-0.39, 0.29) is 5.69 Å². The predicted molar refractivity (Wildman–Crippen MR) is 86.7 cm³/mol. The van der Waals surface area contributed by atoms with Crippen molar-refractivity contribution in [2.45, 2.75) is 6.42 Å². The lowest BCUT2D eigenvalue weighted by Gasteiger charge is -2.07. The summed E-state index contributed by atoms with van der Waals surface area (Å²) in [5.74, 6) is -0.441. The first-order chi connectivity index (χ1) is 10.6. The van der Waals surface area contributed by atoms with Crippen LogP contribution in [-0.4, -0.2) is 16.3 Å². The number of nitrogens with zero attached hydrogens (tertiary/aromatic N) is 2. The Kier molecular flexibility index (Phi) is 3.27. The summed E-state index contributed by atoms with van der Waals surface area (Å²) in [5, 5.41) is 7.80. The van der Waals surface area contributed by atoms with E-state index >= 15 is 0 Å². The molecular weight excluding hydrogens is 372 g/mol. The number of hydrogen-bond acceptors (Lipinski definition) is 3. The normalized spacial score (nSPS) is 13.2. The number of anilines is 1. The molecule has 1 aliphatic heterocycles. The maximum absolute atomic E-state index is 14.1. The quantitative estimate of drug-likeness (QED) is 0.702. The van der Waals surface area contributed by atoms with E-state index in [0.29, 0.717) is 0 Å². The van der Waals surface area contributed by atoms with E-state index < -0.39 is 11.6 Å². The van der Waals surface area contributed by atoms with Gasteiger partial charge in [-0.15, -0.1) is 11.3 Å². The van der Waals surface area contributed by atoms with Crippen molar-refractivity contribution in [3.05, 3.63) is 51.3 Å². The second-order valence-corrected chi connectivity index (χ2v) is 7.43. The Labute approximate surface area is 137 Å². The van der Waals surface area contributed by atoms with Crippen LogP contribution in [0.2, 0.25) is 0 Å². The molecule has 0 atom stereocenters. The topological polar surface area (TPSA) is 29.9 Å². The van der Waals surface area contributed by atoms with Gasteiger partial charge < -0.3 is 5.32 Å². The Hall–Kier alpha value is -1.73.